The highest BCUT2D eigenvalue weighted by Gasteiger charge is 2.07. The zero-order valence-electron chi connectivity index (χ0n) is 15.0. The lowest BCUT2D eigenvalue weighted by Gasteiger charge is -2.13. The van der Waals surface area contributed by atoms with Crippen molar-refractivity contribution in [2.75, 3.05) is 13.7 Å². The zero-order valence-corrected chi connectivity index (χ0v) is 16.6. The predicted molar refractivity (Wildman–Crippen MR) is 107 cm³/mol. The minimum absolute atomic E-state index is 0. The van der Waals surface area contributed by atoms with Crippen LogP contribution in [0.3, 0.4) is 0 Å². The fourth-order valence-electron chi connectivity index (χ4n) is 2.34. The first-order valence-electron chi connectivity index (χ1n) is 8.34. The van der Waals surface area contributed by atoms with Gasteiger partial charge in [-0.1, -0.05) is 49.7 Å². The molecule has 2 aromatic carbocycles. The molecular weight excluding hydrogens is 357 g/mol. The van der Waals surface area contributed by atoms with Gasteiger partial charge in [0.2, 0.25) is 0 Å². The molecule has 0 fully saturated rings. The van der Waals surface area contributed by atoms with E-state index < -0.39 is 0 Å². The van der Waals surface area contributed by atoms with E-state index in [2.05, 4.69) is 25.2 Å². The summed E-state index contributed by atoms with van der Waals surface area (Å²) in [7, 11) is 1.66. The van der Waals surface area contributed by atoms with Gasteiger partial charge in [0.1, 0.15) is 6.61 Å². The van der Waals surface area contributed by atoms with Gasteiger partial charge in [0.25, 0.3) is 0 Å². The zero-order chi connectivity index (χ0) is 17.4. The Balaban J connectivity index is 0.00000312. The topological polar surface area (TPSA) is 30.5 Å². The number of nitrogens with one attached hydrogen (secondary N) is 1. The van der Waals surface area contributed by atoms with Gasteiger partial charge in [0.05, 0.1) is 7.11 Å². The first kappa shape index (κ1) is 21.6. The lowest BCUT2D eigenvalue weighted by atomic mass is 10.1. The highest BCUT2D eigenvalue weighted by molar-refractivity contribution is 6.31. The van der Waals surface area contributed by atoms with Crippen molar-refractivity contribution in [3.63, 3.8) is 0 Å². The number of rotatable bonds is 9. The third kappa shape index (κ3) is 7.15. The van der Waals surface area contributed by atoms with Crippen molar-refractivity contribution in [3.05, 3.63) is 58.6 Å². The molecule has 0 aliphatic carbocycles. The molecule has 2 aromatic rings. The lowest BCUT2D eigenvalue weighted by Crippen LogP contribution is -2.16. The average molecular weight is 384 g/mol. The molecule has 0 bridgehead atoms. The van der Waals surface area contributed by atoms with E-state index in [0.717, 1.165) is 30.2 Å². The normalized spacial score (nSPS) is 10.4. The molecule has 3 nitrogen and oxygen atoms in total. The van der Waals surface area contributed by atoms with Crippen LogP contribution in [0.25, 0.3) is 0 Å². The first-order valence-corrected chi connectivity index (χ1v) is 8.71. The Morgan fingerprint density at radius 1 is 1.08 bits per heavy atom. The molecule has 1 N–H and O–H groups in total. The van der Waals surface area contributed by atoms with Crippen LogP contribution in [0.4, 0.5) is 0 Å². The van der Waals surface area contributed by atoms with Gasteiger partial charge in [-0.15, -0.1) is 12.4 Å². The van der Waals surface area contributed by atoms with Gasteiger partial charge in [-0.25, -0.2) is 0 Å². The third-order valence-corrected chi connectivity index (χ3v) is 4.17. The van der Waals surface area contributed by atoms with Crippen molar-refractivity contribution in [2.24, 2.45) is 5.92 Å². The van der Waals surface area contributed by atoms with Gasteiger partial charge < -0.3 is 14.8 Å². The van der Waals surface area contributed by atoms with E-state index in [1.807, 2.05) is 36.4 Å². The highest BCUT2D eigenvalue weighted by Crippen LogP contribution is 2.29. The summed E-state index contributed by atoms with van der Waals surface area (Å²) >= 11 is 6.16. The van der Waals surface area contributed by atoms with E-state index >= 15 is 0 Å². The largest absolute Gasteiger partial charge is 0.493 e. The monoisotopic (exact) mass is 383 g/mol. The molecule has 0 saturated carbocycles. The molecule has 0 aliphatic heterocycles. The number of methoxy groups -OCH3 is 1. The maximum atomic E-state index is 6.16. The average Bonchev–Trinajstić information content (AvgIpc) is 2.58. The van der Waals surface area contributed by atoms with Crippen LogP contribution in [-0.2, 0) is 13.2 Å². The standard InChI is InChI=1S/C20H26ClNO2.ClH/c1-15(2)10-11-22-13-16-8-9-19(20(12-16)23-3)24-14-17-6-4-5-7-18(17)21;/h4-9,12,15,22H,10-11,13-14H2,1-3H3;1H. The quantitative estimate of drug-likeness (QED) is 0.581. The third-order valence-electron chi connectivity index (χ3n) is 3.80. The van der Waals surface area contributed by atoms with Gasteiger partial charge in [0, 0.05) is 17.1 Å². The molecule has 138 valence electrons. The molecule has 0 unspecified atom stereocenters. The number of hydrogen-bond acceptors (Lipinski definition) is 3. The Labute approximate surface area is 162 Å². The SMILES string of the molecule is COc1cc(CNCCC(C)C)ccc1OCc1ccccc1Cl.Cl. The van der Waals surface area contributed by atoms with Crippen LogP contribution < -0.4 is 14.8 Å². The van der Waals surface area contributed by atoms with Gasteiger partial charge in [-0.2, -0.15) is 0 Å². The molecule has 0 aromatic heterocycles. The van der Waals surface area contributed by atoms with Crippen LogP contribution in [-0.4, -0.2) is 13.7 Å². The number of halogens is 2. The maximum Gasteiger partial charge on any atom is 0.161 e. The maximum absolute atomic E-state index is 6.16. The highest BCUT2D eigenvalue weighted by atomic mass is 35.5. The Morgan fingerprint density at radius 2 is 1.84 bits per heavy atom. The van der Waals surface area contributed by atoms with Gasteiger partial charge >= 0.3 is 0 Å². The smallest absolute Gasteiger partial charge is 0.161 e. The molecular formula is C20H27Cl2NO2. The second kappa shape index (κ2) is 11.2. The fourth-order valence-corrected chi connectivity index (χ4v) is 2.53. The minimum atomic E-state index is 0. The Kier molecular flexibility index (Phi) is 9.73. The molecule has 0 aliphatic rings. The van der Waals surface area contributed by atoms with Crippen LogP contribution >= 0.6 is 24.0 Å². The second-order valence-corrected chi connectivity index (χ2v) is 6.63. The number of ether oxygens (including phenoxy) is 2. The van der Waals surface area contributed by atoms with Crippen LogP contribution in [0.15, 0.2) is 42.5 Å². The summed E-state index contributed by atoms with van der Waals surface area (Å²) < 4.78 is 11.3. The Hall–Kier alpha value is -1.42. The summed E-state index contributed by atoms with van der Waals surface area (Å²) in [6, 6.07) is 13.7. The molecule has 2 rings (SSSR count). The molecule has 5 heteroatoms. The molecule has 0 atom stereocenters. The van der Waals surface area contributed by atoms with E-state index in [-0.39, 0.29) is 12.4 Å². The summed E-state index contributed by atoms with van der Waals surface area (Å²) in [5, 5.41) is 4.17. The van der Waals surface area contributed by atoms with E-state index in [4.69, 9.17) is 21.1 Å². The summed E-state index contributed by atoms with van der Waals surface area (Å²) in [4.78, 5) is 0. The van der Waals surface area contributed by atoms with Crippen LogP contribution in [0.1, 0.15) is 31.4 Å². The van der Waals surface area contributed by atoms with E-state index in [0.29, 0.717) is 17.5 Å². The van der Waals surface area contributed by atoms with E-state index in [9.17, 15) is 0 Å². The van der Waals surface area contributed by atoms with Crippen molar-refractivity contribution in [1.82, 2.24) is 5.32 Å². The molecule has 0 radical (unpaired) electrons. The second-order valence-electron chi connectivity index (χ2n) is 6.22. The van der Waals surface area contributed by atoms with Crippen molar-refractivity contribution in [1.29, 1.82) is 0 Å². The Morgan fingerprint density at radius 3 is 2.52 bits per heavy atom. The van der Waals surface area contributed by atoms with E-state index in [1.165, 1.54) is 12.0 Å². The van der Waals surface area contributed by atoms with Crippen LogP contribution in [0.5, 0.6) is 11.5 Å². The minimum Gasteiger partial charge on any atom is -0.493 e. The van der Waals surface area contributed by atoms with Gasteiger partial charge in [0.15, 0.2) is 11.5 Å². The van der Waals surface area contributed by atoms with Crippen molar-refractivity contribution >= 4 is 24.0 Å². The van der Waals surface area contributed by atoms with E-state index in [1.54, 1.807) is 7.11 Å². The molecule has 25 heavy (non-hydrogen) atoms. The summed E-state index contributed by atoms with van der Waals surface area (Å²) in [5.41, 5.74) is 2.14. The summed E-state index contributed by atoms with van der Waals surface area (Å²) in [6.07, 6.45) is 1.18. The van der Waals surface area contributed by atoms with Gasteiger partial charge in [-0.3, -0.25) is 0 Å². The van der Waals surface area contributed by atoms with Crippen molar-refractivity contribution in [3.8, 4) is 11.5 Å². The molecule has 0 saturated heterocycles. The van der Waals surface area contributed by atoms with Crippen LogP contribution in [0, 0.1) is 5.92 Å². The van der Waals surface area contributed by atoms with Crippen molar-refractivity contribution < 1.29 is 9.47 Å². The lowest BCUT2D eigenvalue weighted by molar-refractivity contribution is 0.284. The van der Waals surface area contributed by atoms with Gasteiger partial charge in [-0.05, 0) is 42.6 Å². The molecule has 0 amide bonds. The number of hydrogen-bond donors (Lipinski definition) is 1. The molecule has 0 heterocycles. The molecule has 0 spiro atoms. The Bertz CT molecular complexity index is 647. The van der Waals surface area contributed by atoms with Crippen molar-refractivity contribution in [2.45, 2.75) is 33.4 Å². The predicted octanol–water partition coefficient (Wildman–Crippen LogP) is 5.49. The summed E-state index contributed by atoms with van der Waals surface area (Å²) in [5.74, 6) is 2.18. The van der Waals surface area contributed by atoms with Crippen LogP contribution in [0.2, 0.25) is 5.02 Å². The number of benzene rings is 2. The summed E-state index contributed by atoms with van der Waals surface area (Å²) in [6.45, 7) is 6.73. The first-order chi connectivity index (χ1) is 11.6. The fraction of sp³-hybridized carbons (Fsp3) is 0.400.